The van der Waals surface area contributed by atoms with Crippen LogP contribution in [0.5, 0.6) is 0 Å². The number of carbonyl (C=O) groups is 2. The first-order valence-electron chi connectivity index (χ1n) is 14.2. The van der Waals surface area contributed by atoms with Gasteiger partial charge in [-0.2, -0.15) is 19.6 Å². The summed E-state index contributed by atoms with van der Waals surface area (Å²) >= 11 is 0. The van der Waals surface area contributed by atoms with Crippen molar-refractivity contribution in [1.29, 1.82) is 0 Å². The summed E-state index contributed by atoms with van der Waals surface area (Å²) in [7, 11) is 0. The van der Waals surface area contributed by atoms with Gasteiger partial charge in [-0.05, 0) is 61.9 Å². The number of nitrogens with zero attached hydrogens (tertiary/aromatic N) is 4. The molecule has 0 saturated carbocycles. The van der Waals surface area contributed by atoms with Crippen LogP contribution in [0, 0.1) is 5.82 Å². The standard InChI is InChI=1S/C29H37FN8O3/c1-4-24(39)25-21(30)13-18(14-23(25)35-27(40)22-7-5-6-10-31-22)15-32-29-37-28(34-19-8-11-41-12-9-19)36-26-20(17(2)3)16-33-38(26)29/h4,13-14,16-17,19,22,31H,1,5-12,15H2,2-3H3,(H,35,40)(H2,32,34,36,37). The Hall–Kier alpha value is -3.90. The zero-order valence-electron chi connectivity index (χ0n) is 23.5. The van der Waals surface area contributed by atoms with Crippen LogP contribution in [-0.4, -0.2) is 63.1 Å². The van der Waals surface area contributed by atoms with Crippen molar-refractivity contribution in [3.63, 3.8) is 0 Å². The van der Waals surface area contributed by atoms with Crippen LogP contribution in [-0.2, 0) is 16.1 Å². The molecule has 3 aromatic rings. The van der Waals surface area contributed by atoms with Gasteiger partial charge in [-0.3, -0.25) is 9.59 Å². The molecule has 11 nitrogen and oxygen atoms in total. The number of nitrogens with one attached hydrogen (secondary N) is 4. The lowest BCUT2D eigenvalue weighted by Crippen LogP contribution is -2.43. The molecule has 4 N–H and O–H groups in total. The number of fused-ring (bicyclic) bond motifs is 1. The highest BCUT2D eigenvalue weighted by Crippen LogP contribution is 2.26. The van der Waals surface area contributed by atoms with Gasteiger partial charge in [0.2, 0.25) is 17.8 Å². The van der Waals surface area contributed by atoms with Crippen LogP contribution in [0.3, 0.4) is 0 Å². The molecule has 2 fully saturated rings. The van der Waals surface area contributed by atoms with Crippen LogP contribution < -0.4 is 21.3 Å². The Kier molecular flexibility index (Phi) is 8.89. The topological polar surface area (TPSA) is 135 Å². The van der Waals surface area contributed by atoms with E-state index < -0.39 is 17.6 Å². The number of anilines is 3. The fourth-order valence-electron chi connectivity index (χ4n) is 5.20. The average Bonchev–Trinajstić information content (AvgIpc) is 3.41. The van der Waals surface area contributed by atoms with Gasteiger partial charge in [0.25, 0.3) is 0 Å². The van der Waals surface area contributed by atoms with E-state index in [1.807, 2.05) is 0 Å². The molecular formula is C29H37FN8O3. The third kappa shape index (κ3) is 6.54. The number of aromatic nitrogens is 4. The SMILES string of the molecule is C=CC(=O)c1c(F)cc(CNc2nc(NC3CCOCC3)nc3c(C(C)C)cnn23)cc1NC(=O)C1CCCCN1. The molecule has 218 valence electrons. The molecule has 1 atom stereocenters. The van der Waals surface area contributed by atoms with Crippen molar-refractivity contribution < 1.29 is 18.7 Å². The summed E-state index contributed by atoms with van der Waals surface area (Å²) < 4.78 is 22.4. The van der Waals surface area contributed by atoms with Crippen LogP contribution >= 0.6 is 0 Å². The number of carbonyl (C=O) groups excluding carboxylic acids is 2. The fourth-order valence-corrected chi connectivity index (χ4v) is 5.20. The van der Waals surface area contributed by atoms with E-state index in [0.29, 0.717) is 42.7 Å². The molecular weight excluding hydrogens is 527 g/mol. The normalized spacial score (nSPS) is 17.9. The van der Waals surface area contributed by atoms with Crippen LogP contribution in [0.15, 0.2) is 31.0 Å². The molecule has 1 amide bonds. The van der Waals surface area contributed by atoms with Crippen molar-refractivity contribution in [2.24, 2.45) is 0 Å². The second kappa shape index (κ2) is 12.7. The molecule has 1 aromatic carbocycles. The minimum atomic E-state index is -0.739. The van der Waals surface area contributed by atoms with Crippen molar-refractivity contribution in [2.45, 2.75) is 70.5 Å². The van der Waals surface area contributed by atoms with Crippen molar-refractivity contribution >= 4 is 34.9 Å². The molecule has 0 spiro atoms. The summed E-state index contributed by atoms with van der Waals surface area (Å²) in [6.45, 7) is 9.89. The number of hydrogen-bond acceptors (Lipinski definition) is 9. The predicted molar refractivity (Wildman–Crippen MR) is 155 cm³/mol. The number of allylic oxidation sites excluding steroid dienone is 1. The van der Waals surface area contributed by atoms with Crippen molar-refractivity contribution in [3.8, 4) is 0 Å². The smallest absolute Gasteiger partial charge is 0.241 e. The van der Waals surface area contributed by atoms with Crippen LogP contribution in [0.1, 0.15) is 73.4 Å². The summed E-state index contributed by atoms with van der Waals surface area (Å²) in [4.78, 5) is 34.9. The van der Waals surface area contributed by atoms with Gasteiger partial charge in [0.15, 0.2) is 11.4 Å². The molecule has 2 aliphatic heterocycles. The summed E-state index contributed by atoms with van der Waals surface area (Å²) in [6, 6.07) is 2.68. The Balaban J connectivity index is 1.43. The lowest BCUT2D eigenvalue weighted by molar-refractivity contribution is -0.118. The Morgan fingerprint density at radius 1 is 1.22 bits per heavy atom. The molecule has 2 aromatic heterocycles. The monoisotopic (exact) mass is 564 g/mol. The van der Waals surface area contributed by atoms with Gasteiger partial charge in [-0.15, -0.1) is 0 Å². The van der Waals surface area contributed by atoms with Gasteiger partial charge in [-0.25, -0.2) is 4.39 Å². The predicted octanol–water partition coefficient (Wildman–Crippen LogP) is 4.04. The number of hydrogen-bond donors (Lipinski definition) is 4. The molecule has 12 heteroatoms. The maximum atomic E-state index is 15.3. The fraction of sp³-hybridized carbons (Fsp3) is 0.483. The van der Waals surface area contributed by atoms with Crippen molar-refractivity contribution in [1.82, 2.24) is 24.9 Å². The van der Waals surface area contributed by atoms with Crippen LogP contribution in [0.25, 0.3) is 5.65 Å². The van der Waals surface area contributed by atoms with Crippen molar-refractivity contribution in [3.05, 3.63) is 53.5 Å². The summed E-state index contributed by atoms with van der Waals surface area (Å²) in [6.07, 6.45) is 7.13. The maximum absolute atomic E-state index is 15.3. The van der Waals surface area contributed by atoms with E-state index >= 15 is 4.39 Å². The molecule has 2 aliphatic rings. The van der Waals surface area contributed by atoms with E-state index in [4.69, 9.17) is 9.72 Å². The number of ether oxygens (including phenoxy) is 1. The molecule has 41 heavy (non-hydrogen) atoms. The Morgan fingerprint density at radius 2 is 2.02 bits per heavy atom. The van der Waals surface area contributed by atoms with E-state index in [9.17, 15) is 9.59 Å². The zero-order chi connectivity index (χ0) is 28.9. The van der Waals surface area contributed by atoms with Gasteiger partial charge in [0.05, 0.1) is 23.5 Å². The Morgan fingerprint density at radius 3 is 2.73 bits per heavy atom. The Labute approximate surface area is 238 Å². The number of rotatable bonds is 10. The van der Waals surface area contributed by atoms with Crippen LogP contribution in [0.4, 0.5) is 22.0 Å². The van der Waals surface area contributed by atoms with Gasteiger partial charge in [-0.1, -0.05) is 26.8 Å². The largest absolute Gasteiger partial charge is 0.381 e. The van der Waals surface area contributed by atoms with Gasteiger partial charge < -0.3 is 26.0 Å². The van der Waals surface area contributed by atoms with Gasteiger partial charge in [0.1, 0.15) is 5.82 Å². The summed E-state index contributed by atoms with van der Waals surface area (Å²) in [5, 5.41) is 17.1. The molecule has 2 saturated heterocycles. The number of ketones is 1. The third-order valence-corrected chi connectivity index (χ3v) is 7.49. The third-order valence-electron chi connectivity index (χ3n) is 7.49. The molecule has 0 radical (unpaired) electrons. The van der Waals surface area contributed by atoms with Gasteiger partial charge >= 0.3 is 0 Å². The summed E-state index contributed by atoms with van der Waals surface area (Å²) in [5.74, 6) is -0.545. The average molecular weight is 565 g/mol. The first-order valence-corrected chi connectivity index (χ1v) is 14.2. The highest BCUT2D eigenvalue weighted by molar-refractivity contribution is 6.11. The highest BCUT2D eigenvalue weighted by atomic mass is 19.1. The van der Waals surface area contributed by atoms with Crippen LogP contribution in [0.2, 0.25) is 0 Å². The lowest BCUT2D eigenvalue weighted by Gasteiger charge is -2.23. The van der Waals surface area contributed by atoms with E-state index in [1.54, 1.807) is 16.8 Å². The van der Waals surface area contributed by atoms with E-state index in [0.717, 1.165) is 43.9 Å². The maximum Gasteiger partial charge on any atom is 0.241 e. The van der Waals surface area contributed by atoms with E-state index in [-0.39, 0.29) is 35.7 Å². The number of piperidine rings is 1. The second-order valence-electron chi connectivity index (χ2n) is 10.8. The lowest BCUT2D eigenvalue weighted by atomic mass is 10.0. The minimum Gasteiger partial charge on any atom is -0.381 e. The number of halogens is 1. The van der Waals surface area contributed by atoms with E-state index in [1.165, 1.54) is 6.07 Å². The van der Waals surface area contributed by atoms with Crippen molar-refractivity contribution in [2.75, 3.05) is 35.7 Å². The first-order chi connectivity index (χ1) is 19.8. The number of benzene rings is 1. The molecule has 5 rings (SSSR count). The Bertz CT molecular complexity index is 1430. The summed E-state index contributed by atoms with van der Waals surface area (Å²) in [5.41, 5.74) is 2.06. The zero-order valence-corrected chi connectivity index (χ0v) is 23.5. The first kappa shape index (κ1) is 28.6. The van der Waals surface area contributed by atoms with E-state index in [2.05, 4.69) is 51.8 Å². The minimum absolute atomic E-state index is 0.111. The number of amides is 1. The molecule has 0 aliphatic carbocycles. The second-order valence-corrected chi connectivity index (χ2v) is 10.8. The van der Waals surface area contributed by atoms with Gasteiger partial charge in [0, 0.05) is 31.4 Å². The molecule has 1 unspecified atom stereocenters. The highest BCUT2D eigenvalue weighted by Gasteiger charge is 2.24. The molecule has 4 heterocycles. The quantitative estimate of drug-likeness (QED) is 0.213. The molecule has 0 bridgehead atoms.